The summed E-state index contributed by atoms with van der Waals surface area (Å²) in [7, 11) is 1.48. The molecule has 0 atom stereocenters. The van der Waals surface area contributed by atoms with Crippen molar-refractivity contribution in [2.45, 2.75) is 6.54 Å². The summed E-state index contributed by atoms with van der Waals surface area (Å²) in [6.45, 7) is -0.224. The lowest BCUT2D eigenvalue weighted by atomic mass is 10.2. The second kappa shape index (κ2) is 6.32. The number of rotatable bonds is 4. The minimum Gasteiger partial charge on any atom is -0.493 e. The Kier molecular flexibility index (Phi) is 3.85. The Hall–Kier alpha value is -3.68. The molecule has 8 heteroatoms. The van der Waals surface area contributed by atoms with E-state index in [1.54, 1.807) is 18.2 Å². The van der Waals surface area contributed by atoms with Crippen LogP contribution in [0.3, 0.4) is 0 Å². The summed E-state index contributed by atoms with van der Waals surface area (Å²) in [6, 6.07) is 10.6. The third-order valence-electron chi connectivity index (χ3n) is 3.91. The summed E-state index contributed by atoms with van der Waals surface area (Å²) >= 11 is 0. The highest BCUT2D eigenvalue weighted by molar-refractivity contribution is 6.01. The molecule has 0 aliphatic rings. The number of carbonyl (C=O) groups excluding carboxylic acids is 1. The van der Waals surface area contributed by atoms with Gasteiger partial charge in [-0.1, -0.05) is 12.1 Å². The third-order valence-corrected chi connectivity index (χ3v) is 3.91. The van der Waals surface area contributed by atoms with Crippen LogP contribution in [0.5, 0.6) is 5.75 Å². The molecule has 0 aliphatic carbocycles. The summed E-state index contributed by atoms with van der Waals surface area (Å²) in [5.74, 6) is 0.284. The quantitative estimate of drug-likeness (QED) is 0.606. The summed E-state index contributed by atoms with van der Waals surface area (Å²) < 4.78 is 11.9. The van der Waals surface area contributed by atoms with Gasteiger partial charge in [0.15, 0.2) is 11.6 Å². The molecular formula is C18H14N4O4. The van der Waals surface area contributed by atoms with Crippen molar-refractivity contribution in [2.24, 2.45) is 0 Å². The number of methoxy groups -OCH3 is 1. The Morgan fingerprint density at radius 3 is 2.92 bits per heavy atom. The predicted octanol–water partition coefficient (Wildman–Crippen LogP) is 2.18. The maximum Gasteiger partial charge on any atom is 0.297 e. The standard InChI is InChI=1S/C18H14N4O4/c1-25-13-7-4-8-19-17(13)21-14(23)9-22-10-20-15-11-5-2-3-6-12(11)26-16(15)18(22)24/h2-8,10H,9H2,1H3,(H,19,21,23). The van der Waals surface area contributed by atoms with Crippen LogP contribution < -0.4 is 15.6 Å². The van der Waals surface area contributed by atoms with E-state index >= 15 is 0 Å². The number of nitrogens with one attached hydrogen (secondary N) is 1. The lowest BCUT2D eigenvalue weighted by Gasteiger charge is -2.09. The summed E-state index contributed by atoms with van der Waals surface area (Å²) in [6.07, 6.45) is 2.87. The van der Waals surface area contributed by atoms with Crippen LogP contribution in [-0.4, -0.2) is 27.6 Å². The third kappa shape index (κ3) is 2.67. The fourth-order valence-corrected chi connectivity index (χ4v) is 2.70. The van der Waals surface area contributed by atoms with E-state index in [4.69, 9.17) is 9.15 Å². The number of hydrogen-bond acceptors (Lipinski definition) is 6. The number of carbonyl (C=O) groups is 1. The molecule has 1 amide bonds. The number of benzene rings is 1. The van der Waals surface area contributed by atoms with Gasteiger partial charge >= 0.3 is 0 Å². The number of pyridine rings is 1. The average Bonchev–Trinajstić information content (AvgIpc) is 3.04. The Bertz CT molecular complexity index is 1180. The highest BCUT2D eigenvalue weighted by Crippen LogP contribution is 2.24. The molecule has 8 nitrogen and oxygen atoms in total. The first-order valence-corrected chi connectivity index (χ1v) is 7.83. The van der Waals surface area contributed by atoms with Crippen LogP contribution in [0.15, 0.2) is 58.1 Å². The van der Waals surface area contributed by atoms with Crippen molar-refractivity contribution in [3.8, 4) is 5.75 Å². The van der Waals surface area contributed by atoms with Crippen LogP contribution in [0, 0.1) is 0 Å². The van der Waals surface area contributed by atoms with Gasteiger partial charge in [0.25, 0.3) is 5.56 Å². The maximum absolute atomic E-state index is 12.6. The van der Waals surface area contributed by atoms with E-state index in [0.717, 1.165) is 5.39 Å². The molecule has 0 saturated carbocycles. The second-order valence-electron chi connectivity index (χ2n) is 5.56. The zero-order valence-corrected chi connectivity index (χ0v) is 13.8. The van der Waals surface area contributed by atoms with Gasteiger partial charge in [0.2, 0.25) is 11.5 Å². The van der Waals surface area contributed by atoms with Gasteiger partial charge in [-0.2, -0.15) is 0 Å². The minimum atomic E-state index is -0.429. The fourth-order valence-electron chi connectivity index (χ4n) is 2.70. The molecule has 0 aliphatic heterocycles. The number of hydrogen-bond donors (Lipinski definition) is 1. The van der Waals surface area contributed by atoms with Gasteiger partial charge in [-0.25, -0.2) is 9.97 Å². The van der Waals surface area contributed by atoms with E-state index < -0.39 is 11.5 Å². The van der Waals surface area contributed by atoms with E-state index in [9.17, 15) is 9.59 Å². The van der Waals surface area contributed by atoms with Crippen molar-refractivity contribution >= 4 is 33.8 Å². The molecule has 130 valence electrons. The van der Waals surface area contributed by atoms with Gasteiger partial charge in [-0.05, 0) is 24.3 Å². The fraction of sp³-hybridized carbons (Fsp3) is 0.111. The number of para-hydroxylation sites is 1. The highest BCUT2D eigenvalue weighted by Gasteiger charge is 2.15. The second-order valence-corrected chi connectivity index (χ2v) is 5.56. The van der Waals surface area contributed by atoms with Crippen molar-refractivity contribution < 1.29 is 13.9 Å². The number of furan rings is 1. The van der Waals surface area contributed by atoms with Crippen LogP contribution in [0.2, 0.25) is 0 Å². The highest BCUT2D eigenvalue weighted by atomic mass is 16.5. The molecule has 4 aromatic rings. The average molecular weight is 350 g/mol. The van der Waals surface area contributed by atoms with Crippen molar-refractivity contribution in [1.82, 2.24) is 14.5 Å². The predicted molar refractivity (Wildman–Crippen MR) is 95.2 cm³/mol. The van der Waals surface area contributed by atoms with Crippen molar-refractivity contribution in [3.63, 3.8) is 0 Å². The van der Waals surface area contributed by atoms with E-state index in [-0.39, 0.29) is 17.9 Å². The minimum absolute atomic E-state index is 0.122. The molecule has 3 aromatic heterocycles. The summed E-state index contributed by atoms with van der Waals surface area (Å²) in [5.41, 5.74) is 0.757. The zero-order valence-electron chi connectivity index (χ0n) is 13.8. The first-order valence-electron chi connectivity index (χ1n) is 7.83. The first-order chi connectivity index (χ1) is 12.7. The molecule has 1 aromatic carbocycles. The molecule has 0 radical (unpaired) electrons. The lowest BCUT2D eigenvalue weighted by Crippen LogP contribution is -2.28. The molecule has 0 bridgehead atoms. The molecule has 3 heterocycles. The summed E-state index contributed by atoms with van der Waals surface area (Å²) in [5, 5.41) is 3.38. The molecule has 0 fully saturated rings. The lowest BCUT2D eigenvalue weighted by molar-refractivity contribution is -0.116. The smallest absolute Gasteiger partial charge is 0.297 e. The van der Waals surface area contributed by atoms with Gasteiger partial charge in [0, 0.05) is 11.6 Å². The van der Waals surface area contributed by atoms with Gasteiger partial charge in [-0.15, -0.1) is 0 Å². The van der Waals surface area contributed by atoms with Crippen LogP contribution in [0.1, 0.15) is 0 Å². The van der Waals surface area contributed by atoms with E-state index in [0.29, 0.717) is 16.8 Å². The van der Waals surface area contributed by atoms with Gasteiger partial charge in [0.1, 0.15) is 17.6 Å². The molecule has 0 spiro atoms. The number of aromatic nitrogens is 3. The topological polar surface area (TPSA) is 99.2 Å². The molecule has 26 heavy (non-hydrogen) atoms. The Morgan fingerprint density at radius 1 is 1.23 bits per heavy atom. The Balaban J connectivity index is 1.65. The number of anilines is 1. The van der Waals surface area contributed by atoms with E-state index in [1.165, 1.54) is 24.2 Å². The molecule has 4 rings (SSSR count). The normalized spacial score (nSPS) is 11.0. The maximum atomic E-state index is 12.6. The van der Waals surface area contributed by atoms with Gasteiger partial charge in [0.05, 0.1) is 13.4 Å². The zero-order chi connectivity index (χ0) is 18.1. The monoisotopic (exact) mass is 350 g/mol. The van der Waals surface area contributed by atoms with Gasteiger partial charge in [-0.3, -0.25) is 14.2 Å². The SMILES string of the molecule is COc1cccnc1NC(=O)Cn1cnc2c(oc3ccccc32)c1=O. The first kappa shape index (κ1) is 15.8. The van der Waals surface area contributed by atoms with Crippen molar-refractivity contribution in [1.29, 1.82) is 0 Å². The van der Waals surface area contributed by atoms with Crippen molar-refractivity contribution in [2.75, 3.05) is 12.4 Å². The summed E-state index contributed by atoms with van der Waals surface area (Å²) in [4.78, 5) is 33.2. The van der Waals surface area contributed by atoms with Gasteiger partial charge < -0.3 is 14.5 Å². The van der Waals surface area contributed by atoms with E-state index in [2.05, 4.69) is 15.3 Å². The number of amides is 1. The Morgan fingerprint density at radius 2 is 2.08 bits per heavy atom. The molecular weight excluding hydrogens is 336 g/mol. The molecule has 0 unspecified atom stereocenters. The van der Waals surface area contributed by atoms with E-state index in [1.807, 2.05) is 18.2 Å². The number of ether oxygens (including phenoxy) is 1. The number of nitrogens with zero attached hydrogens (tertiary/aromatic N) is 3. The van der Waals surface area contributed by atoms with Crippen LogP contribution in [-0.2, 0) is 11.3 Å². The molecule has 0 saturated heterocycles. The van der Waals surface area contributed by atoms with Crippen LogP contribution in [0.4, 0.5) is 5.82 Å². The Labute approximate surface area is 147 Å². The molecule has 1 N–H and O–H groups in total. The van der Waals surface area contributed by atoms with Crippen molar-refractivity contribution in [3.05, 3.63) is 59.3 Å². The largest absolute Gasteiger partial charge is 0.493 e. The number of fused-ring (bicyclic) bond motifs is 3. The van der Waals surface area contributed by atoms with Crippen LogP contribution >= 0.6 is 0 Å². The van der Waals surface area contributed by atoms with Crippen LogP contribution in [0.25, 0.3) is 22.1 Å².